The summed E-state index contributed by atoms with van der Waals surface area (Å²) in [6.07, 6.45) is 7.00. The normalized spacial score (nSPS) is 16.9. The van der Waals surface area contributed by atoms with Crippen LogP contribution in [0.2, 0.25) is 5.02 Å². The molecular formula is C23H26ClN7O2. The number of halogens is 1. The number of rotatable bonds is 7. The molecule has 2 aromatic heterocycles. The zero-order chi connectivity index (χ0) is 22.7. The molecule has 5 rings (SSSR count). The lowest BCUT2D eigenvalue weighted by Crippen LogP contribution is -2.52. The van der Waals surface area contributed by atoms with Crippen LogP contribution in [0.3, 0.4) is 0 Å². The predicted octanol–water partition coefficient (Wildman–Crippen LogP) is 3.32. The molecule has 2 N–H and O–H groups in total. The zero-order valence-corrected chi connectivity index (χ0v) is 19.0. The van der Waals surface area contributed by atoms with E-state index in [-0.39, 0.29) is 12.5 Å². The minimum atomic E-state index is 0.0786. The molecule has 0 radical (unpaired) electrons. The van der Waals surface area contributed by atoms with Gasteiger partial charge in [0.25, 0.3) is 0 Å². The van der Waals surface area contributed by atoms with E-state index in [0.717, 1.165) is 44.7 Å². The molecule has 1 aromatic carbocycles. The summed E-state index contributed by atoms with van der Waals surface area (Å²) in [6.45, 7) is 4.04. The van der Waals surface area contributed by atoms with E-state index in [1.54, 1.807) is 23.3 Å². The number of likely N-dealkylation sites (tertiary alicyclic amines) is 1. The third kappa shape index (κ3) is 5.09. The zero-order valence-electron chi connectivity index (χ0n) is 18.2. The van der Waals surface area contributed by atoms with E-state index < -0.39 is 0 Å². The molecule has 3 aromatic rings. The van der Waals surface area contributed by atoms with Gasteiger partial charge in [0.1, 0.15) is 11.6 Å². The summed E-state index contributed by atoms with van der Waals surface area (Å²) >= 11 is 6.25. The molecule has 2 aliphatic rings. The fourth-order valence-electron chi connectivity index (χ4n) is 4.13. The number of hydrogen-bond acceptors (Lipinski definition) is 7. The first-order chi connectivity index (χ1) is 16.1. The Balaban J connectivity index is 1.16. The molecule has 2 aliphatic heterocycles. The Morgan fingerprint density at radius 3 is 2.67 bits per heavy atom. The number of carbonyl (C=O) groups is 1. The molecule has 1 amide bonds. The number of benzene rings is 1. The van der Waals surface area contributed by atoms with Gasteiger partial charge < -0.3 is 20.3 Å². The van der Waals surface area contributed by atoms with E-state index in [0.29, 0.717) is 34.4 Å². The number of nitrogens with zero attached hydrogens (tertiary/aromatic N) is 5. The van der Waals surface area contributed by atoms with Crippen molar-refractivity contribution < 1.29 is 9.53 Å². The van der Waals surface area contributed by atoms with Gasteiger partial charge in [-0.2, -0.15) is 10.1 Å². The van der Waals surface area contributed by atoms with Crippen LogP contribution in [0.15, 0.2) is 48.9 Å². The van der Waals surface area contributed by atoms with Gasteiger partial charge in [-0.25, -0.2) is 4.98 Å². The average Bonchev–Trinajstić information content (AvgIpc) is 3.25. The first kappa shape index (κ1) is 21.7. The van der Waals surface area contributed by atoms with Gasteiger partial charge in [0.2, 0.25) is 11.9 Å². The average molecular weight is 468 g/mol. The quantitative estimate of drug-likeness (QED) is 0.550. The summed E-state index contributed by atoms with van der Waals surface area (Å²) in [5.41, 5.74) is 2.13. The number of piperidine rings is 1. The highest BCUT2D eigenvalue weighted by molar-refractivity contribution is 6.32. The molecule has 9 nitrogen and oxygen atoms in total. The van der Waals surface area contributed by atoms with Crippen LogP contribution in [0.5, 0.6) is 0 Å². The fraction of sp³-hybridized carbons (Fsp3) is 0.391. The van der Waals surface area contributed by atoms with Gasteiger partial charge in [-0.15, -0.1) is 0 Å². The maximum Gasteiger partial charge on any atom is 0.244 e. The van der Waals surface area contributed by atoms with Crippen molar-refractivity contribution in [1.29, 1.82) is 0 Å². The van der Waals surface area contributed by atoms with Crippen molar-refractivity contribution >= 4 is 35.0 Å². The number of hydrogen-bond donors (Lipinski definition) is 2. The smallest absolute Gasteiger partial charge is 0.244 e. The molecule has 0 atom stereocenters. The largest absolute Gasteiger partial charge is 0.380 e. The van der Waals surface area contributed by atoms with E-state index in [1.165, 1.54) is 0 Å². The van der Waals surface area contributed by atoms with Crippen molar-refractivity contribution in [3.63, 3.8) is 0 Å². The molecule has 0 aliphatic carbocycles. The summed E-state index contributed by atoms with van der Waals surface area (Å²) in [4.78, 5) is 23.3. The molecule has 10 heteroatoms. The van der Waals surface area contributed by atoms with E-state index in [4.69, 9.17) is 16.3 Å². The summed E-state index contributed by atoms with van der Waals surface area (Å²) in [7, 11) is 0. The van der Waals surface area contributed by atoms with Gasteiger partial charge in [-0.3, -0.25) is 9.48 Å². The van der Waals surface area contributed by atoms with Crippen molar-refractivity contribution in [1.82, 2.24) is 24.6 Å². The number of anilines is 3. The maximum atomic E-state index is 12.7. The molecule has 2 fully saturated rings. The van der Waals surface area contributed by atoms with Gasteiger partial charge >= 0.3 is 0 Å². The van der Waals surface area contributed by atoms with Gasteiger partial charge in [-0.1, -0.05) is 41.9 Å². The highest BCUT2D eigenvalue weighted by atomic mass is 35.5. The number of ether oxygens (including phenoxy) is 1. The number of nitrogens with one attached hydrogen (secondary N) is 2. The van der Waals surface area contributed by atoms with Crippen molar-refractivity contribution in [3.8, 4) is 0 Å². The van der Waals surface area contributed by atoms with E-state index >= 15 is 0 Å². The molecule has 0 saturated carbocycles. The minimum absolute atomic E-state index is 0.0786. The Morgan fingerprint density at radius 2 is 1.94 bits per heavy atom. The summed E-state index contributed by atoms with van der Waals surface area (Å²) in [5, 5.41) is 11.1. The van der Waals surface area contributed by atoms with Crippen LogP contribution in [0.1, 0.15) is 18.4 Å². The summed E-state index contributed by atoms with van der Waals surface area (Å²) in [5.74, 6) is 1.01. The van der Waals surface area contributed by atoms with Crippen molar-refractivity contribution in [2.24, 2.45) is 5.41 Å². The third-order valence-corrected chi connectivity index (χ3v) is 6.50. The summed E-state index contributed by atoms with van der Waals surface area (Å²) in [6, 6.07) is 10.0. The van der Waals surface area contributed by atoms with Gasteiger partial charge in [0.15, 0.2) is 5.82 Å². The lowest BCUT2D eigenvalue weighted by atomic mass is 9.77. The number of amides is 1. The van der Waals surface area contributed by atoms with E-state index in [1.807, 2.05) is 35.2 Å². The highest BCUT2D eigenvalue weighted by Gasteiger charge is 2.41. The van der Waals surface area contributed by atoms with Crippen molar-refractivity contribution in [2.75, 3.05) is 36.9 Å². The minimum Gasteiger partial charge on any atom is -0.380 e. The Kier molecular flexibility index (Phi) is 6.15. The Labute approximate surface area is 197 Å². The first-order valence-electron chi connectivity index (χ1n) is 11.0. The van der Waals surface area contributed by atoms with Crippen LogP contribution < -0.4 is 10.6 Å². The lowest BCUT2D eigenvalue weighted by molar-refractivity contribution is -0.153. The van der Waals surface area contributed by atoms with Crippen LogP contribution in [0.4, 0.5) is 17.5 Å². The molecule has 1 spiro atoms. The van der Waals surface area contributed by atoms with Crippen molar-refractivity contribution in [3.05, 3.63) is 59.5 Å². The number of carbonyl (C=O) groups excluding carboxylic acids is 1. The Bertz CT molecular complexity index is 1110. The van der Waals surface area contributed by atoms with Gasteiger partial charge in [-0.05, 0) is 18.4 Å². The fourth-order valence-corrected chi connectivity index (χ4v) is 4.28. The van der Waals surface area contributed by atoms with Gasteiger partial charge in [0, 0.05) is 31.2 Å². The summed E-state index contributed by atoms with van der Waals surface area (Å²) < 4.78 is 6.99. The topological polar surface area (TPSA) is 97.2 Å². The molecule has 2 saturated heterocycles. The second-order valence-corrected chi connectivity index (χ2v) is 9.06. The van der Waals surface area contributed by atoms with Crippen LogP contribution in [0, 0.1) is 5.41 Å². The highest BCUT2D eigenvalue weighted by Crippen LogP contribution is 2.38. The molecule has 0 unspecified atom stereocenters. The predicted molar refractivity (Wildman–Crippen MR) is 125 cm³/mol. The Hall–Kier alpha value is -3.17. The molecule has 0 bridgehead atoms. The second-order valence-electron chi connectivity index (χ2n) is 8.65. The van der Waals surface area contributed by atoms with Crippen LogP contribution in [-0.4, -0.2) is 56.9 Å². The van der Waals surface area contributed by atoms with Gasteiger partial charge in [0.05, 0.1) is 31.3 Å². The Morgan fingerprint density at radius 1 is 1.15 bits per heavy atom. The van der Waals surface area contributed by atoms with Crippen molar-refractivity contribution in [2.45, 2.75) is 25.9 Å². The maximum absolute atomic E-state index is 12.7. The molecular weight excluding hydrogens is 442 g/mol. The van der Waals surface area contributed by atoms with E-state index in [9.17, 15) is 4.79 Å². The van der Waals surface area contributed by atoms with E-state index in [2.05, 4.69) is 25.7 Å². The van der Waals surface area contributed by atoms with Crippen LogP contribution >= 0.6 is 11.6 Å². The molecule has 4 heterocycles. The monoisotopic (exact) mass is 467 g/mol. The first-order valence-corrected chi connectivity index (χ1v) is 11.4. The second kappa shape index (κ2) is 9.36. The lowest BCUT2D eigenvalue weighted by Gasteiger charge is -2.47. The standard InChI is InChI=1S/C23H26ClN7O2/c24-19-12-26-22(29-21(19)25-10-17-4-2-1-3-5-17)28-18-11-27-31(13-18)14-20(32)30-8-6-23(7-9-30)15-33-16-23/h1-5,11-13H,6-10,14-16H2,(H2,25,26,28,29). The molecule has 33 heavy (non-hydrogen) atoms. The third-order valence-electron chi connectivity index (χ3n) is 6.23. The SMILES string of the molecule is O=C(Cn1cc(Nc2ncc(Cl)c(NCc3ccccc3)n2)cn1)N1CCC2(CC1)COC2. The molecule has 172 valence electrons. The van der Waals surface area contributed by atoms with Crippen LogP contribution in [0.25, 0.3) is 0 Å². The number of aromatic nitrogens is 4. The van der Waals surface area contributed by atoms with Crippen LogP contribution in [-0.2, 0) is 22.6 Å².